The lowest BCUT2D eigenvalue weighted by atomic mass is 9.99. The fourth-order valence-electron chi connectivity index (χ4n) is 2.08. The van der Waals surface area contributed by atoms with Crippen LogP contribution in [0.2, 0.25) is 0 Å². The number of rotatable bonds is 5. The Morgan fingerprint density at radius 3 is 2.08 bits per heavy atom. The molecule has 24 heavy (non-hydrogen) atoms. The van der Waals surface area contributed by atoms with Crippen molar-refractivity contribution in [2.45, 2.75) is 20.8 Å². The highest BCUT2D eigenvalue weighted by Gasteiger charge is 2.13. The second-order valence-electron chi connectivity index (χ2n) is 5.68. The van der Waals surface area contributed by atoms with Crippen molar-refractivity contribution in [1.82, 2.24) is 0 Å². The molecular formula is C18H18N2O4. The van der Waals surface area contributed by atoms with Crippen molar-refractivity contribution in [1.29, 1.82) is 0 Å². The number of aryl methyl sites for hydroxylation is 1. The largest absolute Gasteiger partial charge is 0.365 e. The van der Waals surface area contributed by atoms with Crippen LogP contribution in [0.25, 0.3) is 0 Å². The summed E-state index contributed by atoms with van der Waals surface area (Å²) in [7, 11) is 0. The average Bonchev–Trinajstić information content (AvgIpc) is 2.56. The second-order valence-corrected chi connectivity index (χ2v) is 5.68. The normalized spacial score (nSPS) is 11.4. The van der Waals surface area contributed by atoms with Crippen LogP contribution in [-0.4, -0.2) is 16.6 Å². The number of nitro benzene ring substituents is 1. The van der Waals surface area contributed by atoms with Gasteiger partial charge in [0.1, 0.15) is 0 Å². The maximum absolute atomic E-state index is 12.0. The van der Waals surface area contributed by atoms with Gasteiger partial charge in [-0.3, -0.25) is 10.1 Å². The standard InChI is InChI=1S/C18H18N2O4/c1-12(2)17(14-6-4-13(3)5-7-14)19-24-18(21)15-8-10-16(11-9-15)20(22)23/h4-12H,1-3H3/b19-17+. The van der Waals surface area contributed by atoms with E-state index in [4.69, 9.17) is 4.84 Å². The van der Waals surface area contributed by atoms with Crippen LogP contribution in [0.3, 0.4) is 0 Å². The van der Waals surface area contributed by atoms with Crippen LogP contribution < -0.4 is 0 Å². The molecule has 0 unspecified atom stereocenters. The lowest BCUT2D eigenvalue weighted by molar-refractivity contribution is -0.384. The Labute approximate surface area is 139 Å². The first-order chi connectivity index (χ1) is 11.4. The van der Waals surface area contributed by atoms with Gasteiger partial charge in [0.2, 0.25) is 0 Å². The smallest absolute Gasteiger partial charge is 0.313 e. The maximum Gasteiger partial charge on any atom is 0.365 e. The SMILES string of the molecule is Cc1ccc(/C(=N/OC(=O)c2ccc([N+](=O)[O-])cc2)C(C)C)cc1. The molecule has 0 aromatic heterocycles. The molecule has 0 heterocycles. The van der Waals surface area contributed by atoms with Crippen LogP contribution in [0.5, 0.6) is 0 Å². The van der Waals surface area contributed by atoms with E-state index in [1.54, 1.807) is 0 Å². The summed E-state index contributed by atoms with van der Waals surface area (Å²) in [4.78, 5) is 27.1. The third kappa shape index (κ3) is 4.25. The van der Waals surface area contributed by atoms with Crippen molar-refractivity contribution in [2.75, 3.05) is 0 Å². The Morgan fingerprint density at radius 2 is 1.58 bits per heavy atom. The van der Waals surface area contributed by atoms with Crippen molar-refractivity contribution >= 4 is 17.4 Å². The number of hydrogen-bond donors (Lipinski definition) is 0. The molecule has 0 aliphatic carbocycles. The Kier molecular flexibility index (Phi) is 5.42. The van der Waals surface area contributed by atoms with Gasteiger partial charge in [0, 0.05) is 12.1 Å². The summed E-state index contributed by atoms with van der Waals surface area (Å²) in [5.74, 6) is -0.590. The molecular weight excluding hydrogens is 308 g/mol. The maximum atomic E-state index is 12.0. The molecule has 6 nitrogen and oxygen atoms in total. The molecule has 0 spiro atoms. The topological polar surface area (TPSA) is 81.8 Å². The quantitative estimate of drug-likeness (QED) is 0.358. The molecule has 0 atom stereocenters. The summed E-state index contributed by atoms with van der Waals surface area (Å²) >= 11 is 0. The number of oxime groups is 1. The molecule has 0 radical (unpaired) electrons. The molecule has 0 aliphatic rings. The molecule has 2 rings (SSSR count). The number of nitrogens with zero attached hydrogens (tertiary/aromatic N) is 2. The zero-order chi connectivity index (χ0) is 17.7. The Hall–Kier alpha value is -3.02. The van der Waals surface area contributed by atoms with E-state index in [-0.39, 0.29) is 17.2 Å². The van der Waals surface area contributed by atoms with E-state index in [0.717, 1.165) is 11.1 Å². The highest BCUT2D eigenvalue weighted by Crippen LogP contribution is 2.15. The number of carbonyl (C=O) groups excluding carboxylic acids is 1. The van der Waals surface area contributed by atoms with Crippen molar-refractivity contribution in [2.24, 2.45) is 11.1 Å². The molecule has 2 aromatic carbocycles. The first kappa shape index (κ1) is 17.3. The van der Waals surface area contributed by atoms with E-state index in [9.17, 15) is 14.9 Å². The van der Waals surface area contributed by atoms with Crippen molar-refractivity contribution in [3.63, 3.8) is 0 Å². The first-order valence-electron chi connectivity index (χ1n) is 7.49. The summed E-state index contributed by atoms with van der Waals surface area (Å²) in [5.41, 5.74) is 2.79. The highest BCUT2D eigenvalue weighted by molar-refractivity contribution is 6.02. The summed E-state index contributed by atoms with van der Waals surface area (Å²) < 4.78 is 0. The Morgan fingerprint density at radius 1 is 1.04 bits per heavy atom. The fourth-order valence-corrected chi connectivity index (χ4v) is 2.08. The highest BCUT2D eigenvalue weighted by atomic mass is 16.7. The zero-order valence-electron chi connectivity index (χ0n) is 13.7. The van der Waals surface area contributed by atoms with E-state index >= 15 is 0 Å². The predicted octanol–water partition coefficient (Wildman–Crippen LogP) is 4.12. The van der Waals surface area contributed by atoms with Crippen molar-refractivity contribution in [3.8, 4) is 0 Å². The number of nitro groups is 1. The summed E-state index contributed by atoms with van der Waals surface area (Å²) in [6.45, 7) is 5.90. The van der Waals surface area contributed by atoms with Gasteiger partial charge in [0.15, 0.2) is 0 Å². The number of benzene rings is 2. The second kappa shape index (κ2) is 7.50. The molecule has 0 aliphatic heterocycles. The molecule has 6 heteroatoms. The minimum atomic E-state index is -0.657. The average molecular weight is 326 g/mol. The molecule has 124 valence electrons. The molecule has 0 saturated heterocycles. The van der Waals surface area contributed by atoms with Crippen LogP contribution in [0.4, 0.5) is 5.69 Å². The molecule has 0 fully saturated rings. The summed E-state index contributed by atoms with van der Waals surface area (Å²) in [6.07, 6.45) is 0. The van der Waals surface area contributed by atoms with E-state index in [1.807, 2.05) is 45.0 Å². The van der Waals surface area contributed by atoms with Gasteiger partial charge in [-0.05, 0) is 30.5 Å². The van der Waals surface area contributed by atoms with Crippen LogP contribution in [0.15, 0.2) is 53.7 Å². The minimum Gasteiger partial charge on any atom is -0.313 e. The molecule has 0 N–H and O–H groups in total. The van der Waals surface area contributed by atoms with E-state index < -0.39 is 10.9 Å². The van der Waals surface area contributed by atoms with Gasteiger partial charge >= 0.3 is 5.97 Å². The van der Waals surface area contributed by atoms with E-state index in [2.05, 4.69) is 5.16 Å². The molecule has 0 amide bonds. The van der Waals surface area contributed by atoms with E-state index in [0.29, 0.717) is 5.71 Å². The fraction of sp³-hybridized carbons (Fsp3) is 0.222. The van der Waals surface area contributed by atoms with Gasteiger partial charge in [0.05, 0.1) is 16.2 Å². The summed E-state index contributed by atoms with van der Waals surface area (Å²) in [5, 5.41) is 14.6. The van der Waals surface area contributed by atoms with Crippen molar-refractivity contribution in [3.05, 3.63) is 75.3 Å². The van der Waals surface area contributed by atoms with Crippen LogP contribution in [0, 0.1) is 23.0 Å². The minimum absolute atomic E-state index is 0.0670. The summed E-state index contributed by atoms with van der Waals surface area (Å²) in [6, 6.07) is 13.0. The van der Waals surface area contributed by atoms with Crippen LogP contribution in [-0.2, 0) is 4.84 Å². The zero-order valence-corrected chi connectivity index (χ0v) is 13.7. The van der Waals surface area contributed by atoms with Gasteiger partial charge in [-0.1, -0.05) is 48.8 Å². The number of non-ortho nitro benzene ring substituents is 1. The molecule has 0 saturated carbocycles. The van der Waals surface area contributed by atoms with E-state index in [1.165, 1.54) is 24.3 Å². The number of hydrogen-bond acceptors (Lipinski definition) is 5. The lowest BCUT2D eigenvalue weighted by Crippen LogP contribution is -2.12. The Balaban J connectivity index is 2.17. The predicted molar refractivity (Wildman–Crippen MR) is 91.1 cm³/mol. The van der Waals surface area contributed by atoms with Crippen LogP contribution >= 0.6 is 0 Å². The van der Waals surface area contributed by atoms with Gasteiger partial charge in [-0.15, -0.1) is 0 Å². The van der Waals surface area contributed by atoms with Gasteiger partial charge in [0.25, 0.3) is 5.69 Å². The third-order valence-electron chi connectivity index (χ3n) is 3.43. The van der Waals surface area contributed by atoms with Gasteiger partial charge in [-0.2, -0.15) is 0 Å². The monoisotopic (exact) mass is 326 g/mol. The van der Waals surface area contributed by atoms with Gasteiger partial charge in [-0.25, -0.2) is 4.79 Å². The van der Waals surface area contributed by atoms with Crippen molar-refractivity contribution < 1.29 is 14.6 Å². The first-order valence-corrected chi connectivity index (χ1v) is 7.49. The third-order valence-corrected chi connectivity index (χ3v) is 3.43. The molecule has 2 aromatic rings. The van der Waals surface area contributed by atoms with Crippen LogP contribution in [0.1, 0.15) is 35.3 Å². The molecule has 0 bridgehead atoms. The lowest BCUT2D eigenvalue weighted by Gasteiger charge is -2.10. The number of carbonyl (C=O) groups is 1. The Bertz CT molecular complexity index is 763. The van der Waals surface area contributed by atoms with Gasteiger partial charge < -0.3 is 4.84 Å².